The van der Waals surface area contributed by atoms with E-state index in [4.69, 9.17) is 5.11 Å². The fourth-order valence-corrected chi connectivity index (χ4v) is 3.44. The van der Waals surface area contributed by atoms with Gasteiger partial charge >= 0.3 is 5.97 Å². The first-order chi connectivity index (χ1) is 11.3. The number of amides is 1. The zero-order valence-corrected chi connectivity index (χ0v) is 13.8. The van der Waals surface area contributed by atoms with E-state index in [1.807, 2.05) is 0 Å². The minimum absolute atomic E-state index is 0.152. The fourth-order valence-electron chi connectivity index (χ4n) is 2.18. The Hall–Kier alpha value is -2.67. The van der Waals surface area contributed by atoms with Crippen LogP contribution in [0.4, 0.5) is 5.69 Å². The SMILES string of the molecule is Cc1cc(NC(=O)CCS(=O)(=O)c2ccccc2)ccc1C(=O)O. The number of aromatic carboxylic acids is 1. The largest absolute Gasteiger partial charge is 0.478 e. The van der Waals surface area contributed by atoms with E-state index in [-0.39, 0.29) is 22.6 Å². The van der Waals surface area contributed by atoms with E-state index in [1.54, 1.807) is 25.1 Å². The number of nitrogens with one attached hydrogen (secondary N) is 1. The Morgan fingerprint density at radius 2 is 1.75 bits per heavy atom. The second kappa shape index (κ2) is 7.27. The van der Waals surface area contributed by atoms with Gasteiger partial charge in [-0.05, 0) is 42.8 Å². The summed E-state index contributed by atoms with van der Waals surface area (Å²) in [4.78, 5) is 23.1. The average Bonchev–Trinajstić information content (AvgIpc) is 2.54. The maximum absolute atomic E-state index is 12.1. The summed E-state index contributed by atoms with van der Waals surface area (Å²) in [5, 5.41) is 11.5. The minimum atomic E-state index is -3.51. The lowest BCUT2D eigenvalue weighted by atomic mass is 10.1. The monoisotopic (exact) mass is 347 g/mol. The summed E-state index contributed by atoms with van der Waals surface area (Å²) in [6.07, 6.45) is -0.184. The molecule has 2 aromatic carbocycles. The topological polar surface area (TPSA) is 101 Å². The Labute approximate surface area is 140 Å². The highest BCUT2D eigenvalue weighted by molar-refractivity contribution is 7.91. The number of benzene rings is 2. The van der Waals surface area contributed by atoms with Gasteiger partial charge in [0.1, 0.15) is 0 Å². The van der Waals surface area contributed by atoms with E-state index in [9.17, 15) is 18.0 Å². The molecular weight excluding hydrogens is 330 g/mol. The summed E-state index contributed by atoms with van der Waals surface area (Å²) >= 11 is 0. The van der Waals surface area contributed by atoms with E-state index in [2.05, 4.69) is 5.32 Å². The predicted octanol–water partition coefficient (Wildman–Crippen LogP) is 2.50. The minimum Gasteiger partial charge on any atom is -0.478 e. The van der Waals surface area contributed by atoms with E-state index < -0.39 is 21.7 Å². The van der Waals surface area contributed by atoms with Gasteiger partial charge in [0.25, 0.3) is 0 Å². The van der Waals surface area contributed by atoms with Crippen molar-refractivity contribution in [3.63, 3.8) is 0 Å². The van der Waals surface area contributed by atoms with Crippen molar-refractivity contribution in [3.05, 3.63) is 59.7 Å². The van der Waals surface area contributed by atoms with Crippen molar-refractivity contribution in [2.24, 2.45) is 0 Å². The predicted molar refractivity (Wildman–Crippen MR) is 89.9 cm³/mol. The number of carboxylic acids is 1. The molecule has 7 heteroatoms. The van der Waals surface area contributed by atoms with Crippen LogP contribution in [-0.4, -0.2) is 31.2 Å². The number of carbonyl (C=O) groups excluding carboxylic acids is 1. The summed E-state index contributed by atoms with van der Waals surface area (Å²) in [5.41, 5.74) is 1.09. The number of hydrogen-bond donors (Lipinski definition) is 2. The van der Waals surface area contributed by atoms with E-state index in [1.165, 1.54) is 30.3 Å². The molecule has 0 radical (unpaired) electrons. The van der Waals surface area contributed by atoms with Crippen molar-refractivity contribution < 1.29 is 23.1 Å². The number of carbonyl (C=O) groups is 2. The number of anilines is 1. The third kappa shape index (κ3) is 4.42. The van der Waals surface area contributed by atoms with Gasteiger partial charge in [0.2, 0.25) is 5.91 Å². The van der Waals surface area contributed by atoms with Gasteiger partial charge in [-0.25, -0.2) is 13.2 Å². The quantitative estimate of drug-likeness (QED) is 0.836. The standard InChI is InChI=1S/C17H17NO5S/c1-12-11-13(7-8-15(12)17(20)21)18-16(19)9-10-24(22,23)14-5-3-2-4-6-14/h2-8,11H,9-10H2,1H3,(H,18,19)(H,20,21). The second-order valence-electron chi connectivity index (χ2n) is 5.26. The van der Waals surface area contributed by atoms with Crippen molar-refractivity contribution in [2.45, 2.75) is 18.2 Å². The molecule has 24 heavy (non-hydrogen) atoms. The Kier molecular flexibility index (Phi) is 5.35. The molecule has 0 aromatic heterocycles. The van der Waals surface area contributed by atoms with Gasteiger partial charge in [-0.3, -0.25) is 4.79 Å². The van der Waals surface area contributed by atoms with Gasteiger partial charge in [-0.2, -0.15) is 0 Å². The molecule has 0 unspecified atom stereocenters. The third-order valence-corrected chi connectivity index (χ3v) is 5.17. The molecule has 0 aliphatic rings. The molecule has 0 aliphatic heterocycles. The molecule has 0 fully saturated rings. The van der Waals surface area contributed by atoms with Crippen molar-refractivity contribution in [2.75, 3.05) is 11.1 Å². The van der Waals surface area contributed by atoms with Crippen LogP contribution in [0.15, 0.2) is 53.4 Å². The van der Waals surface area contributed by atoms with E-state index in [0.717, 1.165) is 0 Å². The number of carboxylic acid groups (broad SMARTS) is 1. The molecule has 0 heterocycles. The molecule has 2 rings (SSSR count). The Bertz CT molecular complexity index is 860. The van der Waals surface area contributed by atoms with Gasteiger partial charge in [-0.15, -0.1) is 0 Å². The van der Waals surface area contributed by atoms with Crippen molar-refractivity contribution in [3.8, 4) is 0 Å². The first kappa shape index (κ1) is 17.7. The lowest BCUT2D eigenvalue weighted by molar-refractivity contribution is -0.115. The summed E-state index contributed by atoms with van der Waals surface area (Å²) in [6, 6.07) is 12.3. The molecular formula is C17H17NO5S. The molecule has 1 amide bonds. The average molecular weight is 347 g/mol. The van der Waals surface area contributed by atoms with Crippen LogP contribution in [0.3, 0.4) is 0 Å². The molecule has 0 bridgehead atoms. The number of hydrogen-bond acceptors (Lipinski definition) is 4. The van der Waals surface area contributed by atoms with Crippen LogP contribution in [0.2, 0.25) is 0 Å². The maximum atomic E-state index is 12.1. The Morgan fingerprint density at radius 3 is 2.33 bits per heavy atom. The summed E-state index contributed by atoms with van der Waals surface area (Å²) in [5.74, 6) is -1.79. The zero-order chi connectivity index (χ0) is 17.7. The van der Waals surface area contributed by atoms with E-state index in [0.29, 0.717) is 11.3 Å². The number of rotatable bonds is 6. The molecule has 2 aromatic rings. The highest BCUT2D eigenvalue weighted by Crippen LogP contribution is 2.16. The molecule has 0 saturated heterocycles. The Balaban J connectivity index is 1.99. The van der Waals surface area contributed by atoms with Crippen molar-refractivity contribution >= 4 is 27.4 Å². The molecule has 0 spiro atoms. The molecule has 0 aliphatic carbocycles. The zero-order valence-electron chi connectivity index (χ0n) is 13.0. The normalized spacial score (nSPS) is 11.0. The van der Waals surface area contributed by atoms with Crippen LogP contribution < -0.4 is 5.32 Å². The van der Waals surface area contributed by atoms with Crippen LogP contribution in [0.5, 0.6) is 0 Å². The first-order valence-corrected chi connectivity index (χ1v) is 8.86. The number of sulfone groups is 1. The van der Waals surface area contributed by atoms with Crippen LogP contribution in [-0.2, 0) is 14.6 Å². The molecule has 6 nitrogen and oxygen atoms in total. The smallest absolute Gasteiger partial charge is 0.335 e. The highest BCUT2D eigenvalue weighted by atomic mass is 32.2. The fraction of sp³-hybridized carbons (Fsp3) is 0.176. The van der Waals surface area contributed by atoms with Gasteiger partial charge in [0, 0.05) is 12.1 Å². The third-order valence-electron chi connectivity index (χ3n) is 3.44. The first-order valence-electron chi connectivity index (χ1n) is 7.21. The van der Waals surface area contributed by atoms with Crippen molar-refractivity contribution in [1.29, 1.82) is 0 Å². The maximum Gasteiger partial charge on any atom is 0.335 e. The van der Waals surface area contributed by atoms with Crippen molar-refractivity contribution in [1.82, 2.24) is 0 Å². The van der Waals surface area contributed by atoms with Gasteiger partial charge in [0.05, 0.1) is 16.2 Å². The lowest BCUT2D eigenvalue weighted by Gasteiger charge is -2.08. The number of aryl methyl sites for hydroxylation is 1. The second-order valence-corrected chi connectivity index (χ2v) is 7.37. The Morgan fingerprint density at radius 1 is 1.08 bits per heavy atom. The van der Waals surface area contributed by atoms with Crippen LogP contribution in [0, 0.1) is 6.92 Å². The molecule has 126 valence electrons. The molecule has 2 N–H and O–H groups in total. The molecule has 0 saturated carbocycles. The summed E-state index contributed by atoms with van der Waals surface area (Å²) in [7, 11) is -3.51. The van der Waals surface area contributed by atoms with E-state index >= 15 is 0 Å². The van der Waals surface area contributed by atoms with Crippen LogP contribution >= 0.6 is 0 Å². The highest BCUT2D eigenvalue weighted by Gasteiger charge is 2.16. The van der Waals surface area contributed by atoms with Gasteiger partial charge < -0.3 is 10.4 Å². The van der Waals surface area contributed by atoms with Crippen LogP contribution in [0.25, 0.3) is 0 Å². The van der Waals surface area contributed by atoms with Crippen LogP contribution in [0.1, 0.15) is 22.3 Å². The summed E-state index contributed by atoms with van der Waals surface area (Å²) in [6.45, 7) is 1.62. The molecule has 0 atom stereocenters. The van der Waals surface area contributed by atoms with Gasteiger partial charge in [-0.1, -0.05) is 18.2 Å². The van der Waals surface area contributed by atoms with Gasteiger partial charge in [0.15, 0.2) is 9.84 Å². The summed E-state index contributed by atoms with van der Waals surface area (Å²) < 4.78 is 24.2. The lowest BCUT2D eigenvalue weighted by Crippen LogP contribution is -2.17.